The van der Waals surface area contributed by atoms with E-state index in [-0.39, 0.29) is 17.9 Å². The van der Waals surface area contributed by atoms with Gasteiger partial charge in [0.15, 0.2) is 0 Å². The van der Waals surface area contributed by atoms with Crippen LogP contribution in [0.5, 0.6) is 11.5 Å². The Morgan fingerprint density at radius 1 is 1.20 bits per heavy atom. The van der Waals surface area contributed by atoms with Crippen LogP contribution in [-0.4, -0.2) is 40.6 Å². The monoisotopic (exact) mass is 340 g/mol. The number of pyridine rings is 1. The zero-order valence-corrected chi connectivity index (χ0v) is 14.5. The van der Waals surface area contributed by atoms with Gasteiger partial charge in [-0.3, -0.25) is 9.78 Å². The third-order valence-electron chi connectivity index (χ3n) is 5.13. The molecule has 0 aliphatic carbocycles. The second-order valence-electron chi connectivity index (χ2n) is 6.60. The van der Waals surface area contributed by atoms with Gasteiger partial charge in [0.1, 0.15) is 17.2 Å². The third-order valence-corrected chi connectivity index (χ3v) is 5.13. The molecule has 1 aromatic carbocycles. The van der Waals surface area contributed by atoms with Gasteiger partial charge in [-0.25, -0.2) is 0 Å². The van der Waals surface area contributed by atoms with Crippen LogP contribution in [0.15, 0.2) is 48.7 Å². The van der Waals surface area contributed by atoms with E-state index >= 15 is 0 Å². The molecule has 1 aliphatic heterocycles. The molecule has 1 fully saturated rings. The second-order valence-corrected chi connectivity index (χ2v) is 6.60. The molecule has 1 N–H and O–H groups in total. The van der Waals surface area contributed by atoms with Gasteiger partial charge in [0.2, 0.25) is 0 Å². The van der Waals surface area contributed by atoms with Crippen LogP contribution in [-0.2, 0) is 0 Å². The fourth-order valence-electron chi connectivity index (χ4n) is 3.19. The first-order valence-electron chi connectivity index (χ1n) is 8.75. The summed E-state index contributed by atoms with van der Waals surface area (Å²) in [5.41, 5.74) is 0.351. The molecule has 25 heavy (non-hydrogen) atoms. The van der Waals surface area contributed by atoms with Gasteiger partial charge in [-0.15, -0.1) is 0 Å². The number of rotatable bonds is 5. The van der Waals surface area contributed by atoms with Gasteiger partial charge < -0.3 is 14.7 Å². The number of carbonyl (C=O) groups excluding carboxylic acids is 1. The molecule has 5 nitrogen and oxygen atoms in total. The molecule has 1 amide bonds. The van der Waals surface area contributed by atoms with Crippen LogP contribution in [0.4, 0.5) is 0 Å². The number of carbonyl (C=O) groups is 1. The zero-order valence-electron chi connectivity index (χ0n) is 14.5. The van der Waals surface area contributed by atoms with Crippen molar-refractivity contribution in [2.75, 3.05) is 19.7 Å². The van der Waals surface area contributed by atoms with Gasteiger partial charge in [0.05, 0.1) is 0 Å². The van der Waals surface area contributed by atoms with Crippen LogP contribution in [0.2, 0.25) is 0 Å². The highest BCUT2D eigenvalue weighted by Gasteiger charge is 2.34. The minimum atomic E-state index is -0.0823. The highest BCUT2D eigenvalue weighted by molar-refractivity contribution is 5.92. The van der Waals surface area contributed by atoms with Gasteiger partial charge >= 0.3 is 0 Å². The summed E-state index contributed by atoms with van der Waals surface area (Å²) in [4.78, 5) is 18.8. The zero-order chi connectivity index (χ0) is 17.7. The van der Waals surface area contributed by atoms with Crippen molar-refractivity contribution in [3.8, 4) is 11.5 Å². The Labute approximate surface area is 148 Å². The molecular formula is C20H24N2O3. The number of likely N-dealkylation sites (tertiary alicyclic amines) is 1. The molecule has 0 atom stereocenters. The van der Waals surface area contributed by atoms with E-state index in [1.165, 1.54) is 0 Å². The number of hydrogen-bond donors (Lipinski definition) is 1. The van der Waals surface area contributed by atoms with E-state index in [2.05, 4.69) is 11.9 Å². The van der Waals surface area contributed by atoms with Gasteiger partial charge in [-0.2, -0.15) is 0 Å². The van der Waals surface area contributed by atoms with Crippen LogP contribution in [0.3, 0.4) is 0 Å². The fourth-order valence-corrected chi connectivity index (χ4v) is 3.19. The lowest BCUT2D eigenvalue weighted by molar-refractivity contribution is 0.0334. The summed E-state index contributed by atoms with van der Waals surface area (Å²) in [5.74, 6) is 1.24. The van der Waals surface area contributed by atoms with Crippen molar-refractivity contribution in [2.45, 2.75) is 26.2 Å². The molecule has 2 aromatic rings. The van der Waals surface area contributed by atoms with Crippen molar-refractivity contribution < 1.29 is 14.6 Å². The maximum Gasteiger partial charge on any atom is 0.272 e. The highest BCUT2D eigenvalue weighted by atomic mass is 16.5. The van der Waals surface area contributed by atoms with Gasteiger partial charge in [-0.1, -0.05) is 25.1 Å². The maximum absolute atomic E-state index is 12.7. The van der Waals surface area contributed by atoms with E-state index in [0.29, 0.717) is 24.5 Å². The summed E-state index contributed by atoms with van der Waals surface area (Å²) in [6, 6.07) is 12.9. The molecule has 1 aromatic heterocycles. The number of aliphatic hydroxyl groups is 1. The SMILES string of the molecule is CCC1(CO)CCN(C(=O)c2cc(Oc3ccccc3)ccn2)CC1. The Morgan fingerprint density at radius 2 is 1.92 bits per heavy atom. The molecular weight excluding hydrogens is 316 g/mol. The lowest BCUT2D eigenvalue weighted by Gasteiger charge is -2.40. The average Bonchev–Trinajstić information content (AvgIpc) is 2.68. The molecule has 0 spiro atoms. The van der Waals surface area contributed by atoms with Crippen molar-refractivity contribution >= 4 is 5.91 Å². The summed E-state index contributed by atoms with van der Waals surface area (Å²) in [6.45, 7) is 3.58. The minimum absolute atomic E-state index is 0.0392. The minimum Gasteiger partial charge on any atom is -0.457 e. The smallest absolute Gasteiger partial charge is 0.272 e. The molecule has 0 unspecified atom stereocenters. The van der Waals surface area contributed by atoms with Crippen LogP contribution < -0.4 is 4.74 Å². The largest absolute Gasteiger partial charge is 0.457 e. The Balaban J connectivity index is 1.68. The Hall–Kier alpha value is -2.40. The summed E-state index contributed by atoms with van der Waals surface area (Å²) in [6.07, 6.45) is 4.18. The molecule has 5 heteroatoms. The number of aliphatic hydroxyl groups excluding tert-OH is 1. The van der Waals surface area contributed by atoms with Gasteiger partial charge in [0.25, 0.3) is 5.91 Å². The van der Waals surface area contributed by atoms with Crippen molar-refractivity contribution in [3.63, 3.8) is 0 Å². The number of amides is 1. The molecule has 1 saturated heterocycles. The van der Waals surface area contributed by atoms with Crippen LogP contribution in [0.1, 0.15) is 36.7 Å². The van der Waals surface area contributed by atoms with E-state index in [1.54, 1.807) is 18.3 Å². The number of ether oxygens (including phenoxy) is 1. The summed E-state index contributed by atoms with van der Waals surface area (Å²) in [5, 5.41) is 9.63. The van der Waals surface area contributed by atoms with Crippen molar-refractivity contribution in [1.29, 1.82) is 0 Å². The van der Waals surface area contributed by atoms with Gasteiger partial charge in [0, 0.05) is 32.0 Å². The molecule has 3 rings (SSSR count). The summed E-state index contributed by atoms with van der Waals surface area (Å²) >= 11 is 0. The second kappa shape index (κ2) is 7.66. The van der Waals surface area contributed by atoms with Crippen LogP contribution in [0, 0.1) is 5.41 Å². The lowest BCUT2D eigenvalue weighted by atomic mass is 9.77. The first-order valence-corrected chi connectivity index (χ1v) is 8.75. The van der Waals surface area contributed by atoms with Crippen molar-refractivity contribution in [1.82, 2.24) is 9.88 Å². The average molecular weight is 340 g/mol. The molecule has 0 radical (unpaired) electrons. The van der Waals surface area contributed by atoms with Crippen molar-refractivity contribution in [2.24, 2.45) is 5.41 Å². The molecule has 1 aliphatic rings. The Morgan fingerprint density at radius 3 is 2.56 bits per heavy atom. The first kappa shape index (κ1) is 17.4. The number of para-hydroxylation sites is 1. The van der Waals surface area contributed by atoms with E-state index < -0.39 is 0 Å². The number of benzene rings is 1. The Kier molecular flexibility index (Phi) is 5.34. The first-order chi connectivity index (χ1) is 12.2. The van der Waals surface area contributed by atoms with Crippen LogP contribution in [0.25, 0.3) is 0 Å². The van der Waals surface area contributed by atoms with E-state index in [9.17, 15) is 9.90 Å². The number of aromatic nitrogens is 1. The topological polar surface area (TPSA) is 62.7 Å². The summed E-state index contributed by atoms with van der Waals surface area (Å²) < 4.78 is 5.78. The van der Waals surface area contributed by atoms with Gasteiger partial charge in [-0.05, 0) is 42.9 Å². The molecule has 132 valence electrons. The number of piperidine rings is 1. The third kappa shape index (κ3) is 3.99. The van der Waals surface area contributed by atoms with E-state index in [1.807, 2.05) is 35.2 Å². The maximum atomic E-state index is 12.7. The normalized spacial score (nSPS) is 16.5. The predicted octanol–water partition coefficient (Wildman–Crippen LogP) is 3.50. The van der Waals surface area contributed by atoms with E-state index in [4.69, 9.17) is 4.74 Å². The number of hydrogen-bond acceptors (Lipinski definition) is 4. The van der Waals surface area contributed by atoms with E-state index in [0.717, 1.165) is 25.0 Å². The summed E-state index contributed by atoms with van der Waals surface area (Å²) in [7, 11) is 0. The standard InChI is InChI=1S/C20H24N2O3/c1-2-20(15-23)9-12-22(13-10-20)19(24)18-14-17(8-11-21-18)25-16-6-4-3-5-7-16/h3-8,11,14,23H,2,9-10,12-13,15H2,1H3. The molecule has 0 bridgehead atoms. The van der Waals surface area contributed by atoms with Crippen molar-refractivity contribution in [3.05, 3.63) is 54.4 Å². The number of nitrogens with zero attached hydrogens (tertiary/aromatic N) is 2. The molecule has 2 heterocycles. The Bertz CT molecular complexity index is 704. The highest BCUT2D eigenvalue weighted by Crippen LogP contribution is 2.34. The fraction of sp³-hybridized carbons (Fsp3) is 0.400. The quantitative estimate of drug-likeness (QED) is 0.905. The predicted molar refractivity (Wildman–Crippen MR) is 95.7 cm³/mol. The molecule has 0 saturated carbocycles. The van der Waals surface area contributed by atoms with Crippen LogP contribution >= 0.6 is 0 Å². The lowest BCUT2D eigenvalue weighted by Crippen LogP contribution is -2.44.